The molecule has 1 fully saturated rings. The second kappa shape index (κ2) is 9.60. The second-order valence-electron chi connectivity index (χ2n) is 8.20. The van der Waals surface area contributed by atoms with E-state index in [1.165, 1.54) is 18.5 Å². The van der Waals surface area contributed by atoms with Crippen LogP contribution in [-0.2, 0) is 21.0 Å². The molecule has 1 aromatic carbocycles. The van der Waals surface area contributed by atoms with E-state index >= 15 is 0 Å². The zero-order valence-corrected chi connectivity index (χ0v) is 18.9. The van der Waals surface area contributed by atoms with Gasteiger partial charge in [-0.1, -0.05) is 30.3 Å². The summed E-state index contributed by atoms with van der Waals surface area (Å²) in [4.78, 5) is 17.2. The number of benzene rings is 1. The molecule has 11 nitrogen and oxygen atoms in total. The molecule has 1 saturated carbocycles. The molecule has 2 aromatic heterocycles. The lowest BCUT2D eigenvalue weighted by Gasteiger charge is -2.31. The van der Waals surface area contributed by atoms with Gasteiger partial charge in [0.1, 0.15) is 11.8 Å². The number of carbonyl (C=O) groups is 1. The van der Waals surface area contributed by atoms with Crippen molar-refractivity contribution in [2.24, 2.45) is 11.1 Å². The van der Waals surface area contributed by atoms with Crippen LogP contribution in [0.4, 0.5) is 5.69 Å². The monoisotopic (exact) mass is 487 g/mol. The smallest absolute Gasteiger partial charge is 0.333 e. The Labute approximate surface area is 196 Å². The number of hydrogen-bond acceptors (Lipinski definition) is 9. The molecule has 5 N–H and O–H groups in total. The van der Waals surface area contributed by atoms with E-state index in [-0.39, 0.29) is 36.4 Å². The van der Waals surface area contributed by atoms with E-state index in [1.807, 2.05) is 30.3 Å². The third-order valence-electron chi connectivity index (χ3n) is 5.76. The number of hydrogen-bond donors (Lipinski definition) is 4. The van der Waals surface area contributed by atoms with E-state index in [2.05, 4.69) is 19.6 Å². The van der Waals surface area contributed by atoms with Crippen LogP contribution in [0.3, 0.4) is 0 Å². The number of nitrogens with zero attached hydrogens (tertiary/aromatic N) is 3. The number of carbonyl (C=O) groups excluding carboxylic acids is 1. The number of aromatic nitrogens is 3. The Hall–Kier alpha value is -3.16. The second-order valence-corrected chi connectivity index (χ2v) is 9.43. The van der Waals surface area contributed by atoms with Crippen LogP contribution in [-0.4, -0.2) is 57.6 Å². The first-order valence-electron chi connectivity index (χ1n) is 10.6. The van der Waals surface area contributed by atoms with Crippen molar-refractivity contribution in [1.82, 2.24) is 14.8 Å². The molecule has 0 spiro atoms. The lowest BCUT2D eigenvalue weighted by atomic mass is 10.0. The summed E-state index contributed by atoms with van der Waals surface area (Å²) in [6.07, 6.45) is 3.50. The summed E-state index contributed by atoms with van der Waals surface area (Å²) < 4.78 is 28.3. The van der Waals surface area contributed by atoms with Gasteiger partial charge in [-0.05, 0) is 30.5 Å². The van der Waals surface area contributed by atoms with Gasteiger partial charge in [0.2, 0.25) is 5.78 Å². The number of nitrogens with one attached hydrogen (secondary N) is 1. The highest BCUT2D eigenvalue weighted by molar-refractivity contribution is 7.84. The van der Waals surface area contributed by atoms with Crippen LogP contribution >= 0.6 is 0 Å². The quantitative estimate of drug-likeness (QED) is 0.250. The summed E-state index contributed by atoms with van der Waals surface area (Å²) in [5.41, 5.74) is -0.156. The summed E-state index contributed by atoms with van der Waals surface area (Å²) in [6, 6.07) is 12.8. The first kappa shape index (κ1) is 24.0. The molecule has 34 heavy (non-hydrogen) atoms. The van der Waals surface area contributed by atoms with Crippen LogP contribution in [0.1, 0.15) is 34.5 Å². The summed E-state index contributed by atoms with van der Waals surface area (Å²) in [5.74, 6) is -1.09. The van der Waals surface area contributed by atoms with Gasteiger partial charge in [-0.3, -0.25) is 18.6 Å². The lowest BCUT2D eigenvalue weighted by Crippen LogP contribution is -2.48. The SMILES string of the molecule is NS(=O)(=O)OC[C@H]1CC[C@@](O)(Nc2ccncc2C(=O)c2ccn(Cc3ccccc3)n2)[C@@H]1O. The van der Waals surface area contributed by atoms with Crippen molar-refractivity contribution in [2.75, 3.05) is 11.9 Å². The van der Waals surface area contributed by atoms with E-state index in [1.54, 1.807) is 16.9 Å². The molecule has 12 heteroatoms. The Balaban J connectivity index is 1.49. The van der Waals surface area contributed by atoms with Crippen molar-refractivity contribution in [1.29, 1.82) is 0 Å². The molecule has 1 aliphatic carbocycles. The largest absolute Gasteiger partial charge is 0.388 e. The minimum absolute atomic E-state index is 0.0917. The first-order valence-corrected chi connectivity index (χ1v) is 12.0. The predicted octanol–water partition coefficient (Wildman–Crippen LogP) is 0.649. The summed E-state index contributed by atoms with van der Waals surface area (Å²) in [5, 5.41) is 33.7. The fraction of sp³-hybridized carbons (Fsp3) is 0.318. The fourth-order valence-electron chi connectivity index (χ4n) is 3.99. The number of aliphatic hydroxyl groups is 2. The van der Waals surface area contributed by atoms with Gasteiger partial charge in [0.25, 0.3) is 0 Å². The van der Waals surface area contributed by atoms with E-state index < -0.39 is 33.8 Å². The van der Waals surface area contributed by atoms with E-state index in [0.717, 1.165) is 5.56 Å². The Bertz CT molecular complexity index is 1270. The fourth-order valence-corrected chi connectivity index (χ4v) is 4.36. The molecule has 0 bridgehead atoms. The van der Waals surface area contributed by atoms with Crippen molar-refractivity contribution in [3.8, 4) is 0 Å². The maximum absolute atomic E-state index is 13.2. The van der Waals surface area contributed by atoms with Crippen LogP contribution in [0.2, 0.25) is 0 Å². The van der Waals surface area contributed by atoms with Crippen molar-refractivity contribution >= 4 is 21.8 Å². The highest BCUT2D eigenvalue weighted by Crippen LogP contribution is 2.37. The Morgan fingerprint density at radius 3 is 2.76 bits per heavy atom. The van der Waals surface area contributed by atoms with Gasteiger partial charge in [-0.25, -0.2) is 5.14 Å². The molecule has 1 aliphatic rings. The molecule has 0 unspecified atom stereocenters. The third kappa shape index (κ3) is 5.48. The molecule has 3 atom stereocenters. The van der Waals surface area contributed by atoms with Crippen molar-refractivity contribution in [2.45, 2.75) is 31.2 Å². The summed E-state index contributed by atoms with van der Waals surface area (Å²) in [7, 11) is -4.17. The number of rotatable bonds is 9. The molecule has 0 radical (unpaired) electrons. The average Bonchev–Trinajstić information content (AvgIpc) is 3.37. The zero-order chi connectivity index (χ0) is 24.3. The van der Waals surface area contributed by atoms with Gasteiger partial charge in [-0.2, -0.15) is 13.5 Å². The molecule has 0 aliphatic heterocycles. The highest BCUT2D eigenvalue weighted by atomic mass is 32.2. The van der Waals surface area contributed by atoms with Crippen LogP contribution in [0.5, 0.6) is 0 Å². The summed E-state index contributed by atoms with van der Waals surface area (Å²) >= 11 is 0. The molecular weight excluding hydrogens is 462 g/mol. The average molecular weight is 488 g/mol. The van der Waals surface area contributed by atoms with Crippen molar-refractivity contribution in [3.05, 3.63) is 77.9 Å². The van der Waals surface area contributed by atoms with Gasteiger partial charge in [-0.15, -0.1) is 0 Å². The number of nitrogens with two attached hydrogens (primary N) is 1. The minimum atomic E-state index is -4.17. The van der Waals surface area contributed by atoms with Crippen LogP contribution < -0.4 is 10.5 Å². The van der Waals surface area contributed by atoms with Gasteiger partial charge >= 0.3 is 10.3 Å². The molecule has 180 valence electrons. The number of aliphatic hydroxyl groups excluding tert-OH is 1. The third-order valence-corrected chi connectivity index (χ3v) is 6.22. The van der Waals surface area contributed by atoms with Crippen LogP contribution in [0.25, 0.3) is 0 Å². The predicted molar refractivity (Wildman–Crippen MR) is 122 cm³/mol. The molecular formula is C22H25N5O6S. The van der Waals surface area contributed by atoms with E-state index in [4.69, 9.17) is 5.14 Å². The summed E-state index contributed by atoms with van der Waals surface area (Å²) in [6.45, 7) is 0.130. The molecule has 0 saturated heterocycles. The lowest BCUT2D eigenvalue weighted by molar-refractivity contribution is -0.0525. The van der Waals surface area contributed by atoms with Crippen molar-refractivity contribution in [3.63, 3.8) is 0 Å². The van der Waals surface area contributed by atoms with Crippen LogP contribution in [0, 0.1) is 5.92 Å². The van der Waals surface area contributed by atoms with Gasteiger partial charge in [0, 0.05) is 24.5 Å². The maximum atomic E-state index is 13.2. The molecule has 0 amide bonds. The number of ketones is 1. The van der Waals surface area contributed by atoms with E-state index in [9.17, 15) is 23.4 Å². The molecule has 2 heterocycles. The number of anilines is 1. The van der Waals surface area contributed by atoms with Gasteiger partial charge < -0.3 is 15.5 Å². The topological polar surface area (TPSA) is 170 Å². The normalized spacial score (nSPS) is 22.6. The Kier molecular flexibility index (Phi) is 6.77. The van der Waals surface area contributed by atoms with Gasteiger partial charge in [0.15, 0.2) is 5.72 Å². The Morgan fingerprint density at radius 1 is 1.26 bits per heavy atom. The number of pyridine rings is 1. The first-order chi connectivity index (χ1) is 16.1. The van der Waals surface area contributed by atoms with Crippen LogP contribution in [0.15, 0.2) is 61.1 Å². The Morgan fingerprint density at radius 2 is 2.03 bits per heavy atom. The molecule has 4 rings (SSSR count). The standard InChI is InChI=1S/C22H25N5O6S/c23-34(31,32)33-14-16-6-9-22(30,21(16)29)25-18-7-10-24-12-17(18)20(28)19-8-11-27(26-19)13-15-4-2-1-3-5-15/h1-5,7-8,10-12,16,21,29-30H,6,9,13-14H2,(H,24,25)(H2,23,31,32)/t16-,21-,22+/m1/s1. The van der Waals surface area contributed by atoms with Gasteiger partial charge in [0.05, 0.1) is 24.4 Å². The molecule has 3 aromatic rings. The highest BCUT2D eigenvalue weighted by Gasteiger charge is 2.47. The minimum Gasteiger partial charge on any atom is -0.388 e. The van der Waals surface area contributed by atoms with E-state index in [0.29, 0.717) is 6.54 Å². The zero-order valence-electron chi connectivity index (χ0n) is 18.1. The maximum Gasteiger partial charge on any atom is 0.333 e. The van der Waals surface area contributed by atoms with Crippen molar-refractivity contribution < 1.29 is 27.6 Å².